The Kier molecular flexibility index (Phi) is 7.39. The van der Waals surface area contributed by atoms with Crippen LogP contribution in [0.3, 0.4) is 0 Å². The number of halogens is 2. The molecule has 3 unspecified atom stereocenters. The van der Waals surface area contributed by atoms with Crippen LogP contribution in [0.1, 0.15) is 50.6 Å². The number of benzene rings is 1. The molecule has 2 saturated heterocycles. The number of rotatable bonds is 4. The lowest BCUT2D eigenvalue weighted by atomic mass is 9.85. The minimum atomic E-state index is 0. The molecule has 2 aliphatic heterocycles. The highest BCUT2D eigenvalue weighted by Gasteiger charge is 2.31. The van der Waals surface area contributed by atoms with Crippen LogP contribution in [0, 0.1) is 11.8 Å². The standard InChI is InChI=1S/C19H27ClN2O.ClH/c1-14(16-4-2-10-21-13-16)12-19(23)22-11-3-5-18(22)15-6-8-17(20)9-7-15;/h6-9,14,16,18,21H,2-5,10-13H2,1H3;1H. The molecule has 0 aromatic heterocycles. The second-order valence-electron chi connectivity index (χ2n) is 7.08. The minimum absolute atomic E-state index is 0. The molecule has 2 aliphatic rings. The summed E-state index contributed by atoms with van der Waals surface area (Å²) in [5.74, 6) is 1.42. The average Bonchev–Trinajstić information content (AvgIpc) is 3.06. The van der Waals surface area contributed by atoms with E-state index < -0.39 is 0 Å². The highest BCUT2D eigenvalue weighted by molar-refractivity contribution is 6.30. The van der Waals surface area contributed by atoms with Crippen LogP contribution in [0.4, 0.5) is 0 Å². The zero-order chi connectivity index (χ0) is 16.2. The summed E-state index contributed by atoms with van der Waals surface area (Å²) < 4.78 is 0. The lowest BCUT2D eigenvalue weighted by molar-refractivity contribution is -0.133. The summed E-state index contributed by atoms with van der Waals surface area (Å²) in [6.07, 6.45) is 5.32. The first-order valence-corrected chi connectivity index (χ1v) is 9.28. The van der Waals surface area contributed by atoms with Gasteiger partial charge in [-0.05, 0) is 68.3 Å². The maximum atomic E-state index is 12.8. The Hall–Kier alpha value is -0.770. The molecule has 3 rings (SSSR count). The molecule has 0 radical (unpaired) electrons. The Bertz CT molecular complexity index is 529. The molecular formula is C19H28Cl2N2O. The number of nitrogens with zero attached hydrogens (tertiary/aromatic N) is 1. The molecule has 2 fully saturated rings. The summed E-state index contributed by atoms with van der Waals surface area (Å²) in [6.45, 7) is 5.32. The Morgan fingerprint density at radius 1 is 1.29 bits per heavy atom. The van der Waals surface area contributed by atoms with Crippen molar-refractivity contribution in [2.24, 2.45) is 11.8 Å². The van der Waals surface area contributed by atoms with E-state index in [1.807, 2.05) is 12.1 Å². The van der Waals surface area contributed by atoms with Crippen LogP contribution in [0.2, 0.25) is 5.02 Å². The summed E-state index contributed by atoms with van der Waals surface area (Å²) in [5, 5.41) is 4.21. The van der Waals surface area contributed by atoms with Crippen LogP contribution < -0.4 is 5.32 Å². The van der Waals surface area contributed by atoms with Crippen molar-refractivity contribution >= 4 is 29.9 Å². The largest absolute Gasteiger partial charge is 0.336 e. The molecule has 5 heteroatoms. The van der Waals surface area contributed by atoms with E-state index >= 15 is 0 Å². The first kappa shape index (κ1) is 19.6. The third-order valence-electron chi connectivity index (χ3n) is 5.46. The van der Waals surface area contributed by atoms with E-state index in [0.717, 1.165) is 37.5 Å². The van der Waals surface area contributed by atoms with Crippen LogP contribution in [0.15, 0.2) is 24.3 Å². The summed E-state index contributed by atoms with van der Waals surface area (Å²) in [4.78, 5) is 14.9. The second-order valence-corrected chi connectivity index (χ2v) is 7.52. The average molecular weight is 371 g/mol. The number of likely N-dealkylation sites (tertiary alicyclic amines) is 1. The zero-order valence-corrected chi connectivity index (χ0v) is 15.9. The number of hydrogen-bond donors (Lipinski definition) is 1. The molecule has 1 amide bonds. The third-order valence-corrected chi connectivity index (χ3v) is 5.72. The van der Waals surface area contributed by atoms with Crippen LogP contribution >= 0.6 is 24.0 Å². The fraction of sp³-hybridized carbons (Fsp3) is 0.632. The van der Waals surface area contributed by atoms with Crippen LogP contribution in [-0.4, -0.2) is 30.4 Å². The minimum Gasteiger partial charge on any atom is -0.336 e. The van der Waals surface area contributed by atoms with E-state index in [0.29, 0.717) is 24.2 Å². The Morgan fingerprint density at radius 2 is 2.04 bits per heavy atom. The molecule has 24 heavy (non-hydrogen) atoms. The van der Waals surface area contributed by atoms with Crippen LogP contribution in [0.5, 0.6) is 0 Å². The Balaban J connectivity index is 0.00000208. The van der Waals surface area contributed by atoms with Gasteiger partial charge >= 0.3 is 0 Å². The monoisotopic (exact) mass is 370 g/mol. The van der Waals surface area contributed by atoms with Gasteiger partial charge in [-0.15, -0.1) is 12.4 Å². The van der Waals surface area contributed by atoms with Crippen molar-refractivity contribution < 1.29 is 4.79 Å². The first-order valence-electron chi connectivity index (χ1n) is 8.91. The van der Waals surface area contributed by atoms with E-state index in [1.54, 1.807) is 0 Å². The van der Waals surface area contributed by atoms with Crippen molar-refractivity contribution in [1.29, 1.82) is 0 Å². The van der Waals surface area contributed by atoms with Crippen molar-refractivity contribution in [2.75, 3.05) is 19.6 Å². The smallest absolute Gasteiger partial charge is 0.223 e. The Morgan fingerprint density at radius 3 is 2.71 bits per heavy atom. The van der Waals surface area contributed by atoms with Gasteiger partial charge in [-0.3, -0.25) is 4.79 Å². The highest BCUT2D eigenvalue weighted by atomic mass is 35.5. The van der Waals surface area contributed by atoms with Gasteiger partial charge in [0.2, 0.25) is 5.91 Å². The van der Waals surface area contributed by atoms with Gasteiger partial charge in [0.1, 0.15) is 0 Å². The van der Waals surface area contributed by atoms with E-state index in [4.69, 9.17) is 11.6 Å². The molecule has 1 N–H and O–H groups in total. The fourth-order valence-corrected chi connectivity index (χ4v) is 4.15. The number of hydrogen-bond acceptors (Lipinski definition) is 2. The highest BCUT2D eigenvalue weighted by Crippen LogP contribution is 2.34. The molecule has 1 aromatic carbocycles. The van der Waals surface area contributed by atoms with Gasteiger partial charge in [0, 0.05) is 18.0 Å². The maximum Gasteiger partial charge on any atom is 0.223 e. The summed E-state index contributed by atoms with van der Waals surface area (Å²) >= 11 is 5.99. The quantitative estimate of drug-likeness (QED) is 0.848. The van der Waals surface area contributed by atoms with Crippen molar-refractivity contribution in [3.8, 4) is 0 Å². The van der Waals surface area contributed by atoms with Gasteiger partial charge < -0.3 is 10.2 Å². The second kappa shape index (κ2) is 9.07. The molecule has 0 aliphatic carbocycles. The van der Waals surface area contributed by atoms with Crippen molar-refractivity contribution in [3.63, 3.8) is 0 Å². The molecule has 2 heterocycles. The lowest BCUT2D eigenvalue weighted by Crippen LogP contribution is -2.37. The first-order chi connectivity index (χ1) is 11.1. The van der Waals surface area contributed by atoms with Gasteiger partial charge in [0.05, 0.1) is 6.04 Å². The van der Waals surface area contributed by atoms with Crippen LogP contribution in [-0.2, 0) is 4.79 Å². The maximum absolute atomic E-state index is 12.8. The molecule has 3 atom stereocenters. The lowest BCUT2D eigenvalue weighted by Gasteiger charge is -2.31. The number of piperidine rings is 1. The third kappa shape index (κ3) is 4.65. The molecule has 134 valence electrons. The molecule has 0 spiro atoms. The molecule has 1 aromatic rings. The van der Waals surface area contributed by atoms with Gasteiger partial charge in [-0.2, -0.15) is 0 Å². The topological polar surface area (TPSA) is 32.3 Å². The number of carbonyl (C=O) groups excluding carboxylic acids is 1. The summed E-state index contributed by atoms with van der Waals surface area (Å²) in [6, 6.07) is 8.21. The number of nitrogens with one attached hydrogen (secondary N) is 1. The molecule has 0 bridgehead atoms. The van der Waals surface area contributed by atoms with E-state index in [1.165, 1.54) is 18.4 Å². The van der Waals surface area contributed by atoms with Gasteiger partial charge in [0.15, 0.2) is 0 Å². The van der Waals surface area contributed by atoms with Gasteiger partial charge in [-0.1, -0.05) is 30.7 Å². The van der Waals surface area contributed by atoms with E-state index in [-0.39, 0.29) is 18.4 Å². The predicted molar refractivity (Wildman–Crippen MR) is 102 cm³/mol. The van der Waals surface area contributed by atoms with E-state index in [9.17, 15) is 4.79 Å². The fourth-order valence-electron chi connectivity index (χ4n) is 4.02. The van der Waals surface area contributed by atoms with Gasteiger partial charge in [-0.25, -0.2) is 0 Å². The van der Waals surface area contributed by atoms with Crippen molar-refractivity contribution in [2.45, 2.75) is 45.1 Å². The van der Waals surface area contributed by atoms with Crippen molar-refractivity contribution in [1.82, 2.24) is 10.2 Å². The summed E-state index contributed by atoms with van der Waals surface area (Å²) in [7, 11) is 0. The Labute approximate surface area is 156 Å². The predicted octanol–water partition coefficient (Wildman–Crippen LogP) is 4.45. The van der Waals surface area contributed by atoms with Gasteiger partial charge in [0.25, 0.3) is 0 Å². The number of amides is 1. The van der Waals surface area contributed by atoms with E-state index in [2.05, 4.69) is 29.3 Å². The normalized spacial score (nSPS) is 25.2. The SMILES string of the molecule is CC(CC(=O)N1CCCC1c1ccc(Cl)cc1)C1CCCNC1.Cl. The molecule has 0 saturated carbocycles. The molecular weight excluding hydrogens is 343 g/mol. The van der Waals surface area contributed by atoms with Crippen molar-refractivity contribution in [3.05, 3.63) is 34.9 Å². The van der Waals surface area contributed by atoms with Crippen LogP contribution in [0.25, 0.3) is 0 Å². The molecule has 3 nitrogen and oxygen atoms in total. The summed E-state index contributed by atoms with van der Waals surface area (Å²) in [5.41, 5.74) is 1.22. The zero-order valence-electron chi connectivity index (χ0n) is 14.3. The number of carbonyl (C=O) groups is 1.